The van der Waals surface area contributed by atoms with E-state index in [1.54, 1.807) is 107 Å². The first-order valence-corrected chi connectivity index (χ1v) is 45.8. The summed E-state index contributed by atoms with van der Waals surface area (Å²) in [5.41, 5.74) is 3.74. The van der Waals surface area contributed by atoms with Crippen molar-refractivity contribution in [1.82, 2.24) is 35.6 Å². The molecule has 31 heteroatoms. The summed E-state index contributed by atoms with van der Waals surface area (Å²) >= 11 is 0. The maximum absolute atomic E-state index is 12.4. The number of amides is 5. The molecule has 5 aromatic carbocycles. The van der Waals surface area contributed by atoms with Crippen LogP contribution in [0.5, 0.6) is 23.0 Å². The molecule has 5 aliphatic carbocycles. The van der Waals surface area contributed by atoms with Crippen molar-refractivity contribution in [2.45, 2.75) is 282 Å². The van der Waals surface area contributed by atoms with Crippen LogP contribution in [-0.2, 0) is 81.4 Å². The number of carbonyl (C=O) groups excluding carboxylic acids is 11. The van der Waals surface area contributed by atoms with Gasteiger partial charge in [0.1, 0.15) is 51.6 Å². The molecule has 0 bridgehead atoms. The number of hydrogen-bond acceptors (Lipinski definition) is 25. The summed E-state index contributed by atoms with van der Waals surface area (Å²) in [6.45, 7) is 27.2. The van der Waals surface area contributed by atoms with Gasteiger partial charge in [0.15, 0.2) is 11.6 Å². The van der Waals surface area contributed by atoms with Crippen molar-refractivity contribution in [3.05, 3.63) is 154 Å². The van der Waals surface area contributed by atoms with Crippen LogP contribution in [0.2, 0.25) is 0 Å². The average Bonchev–Trinajstić information content (AvgIpc) is 1.56. The molecule has 16 rings (SSSR count). The summed E-state index contributed by atoms with van der Waals surface area (Å²) in [7, 11) is 8.53. The van der Waals surface area contributed by atoms with E-state index in [2.05, 4.69) is 97.1 Å². The summed E-state index contributed by atoms with van der Waals surface area (Å²) in [6, 6.07) is 39.7. The molecule has 0 radical (unpaired) electrons. The number of likely N-dealkylation sites (tertiary alicyclic amines) is 3. The summed E-state index contributed by atoms with van der Waals surface area (Å²) in [5, 5.41) is 19.6. The summed E-state index contributed by atoms with van der Waals surface area (Å²) in [4.78, 5) is 139. The van der Waals surface area contributed by atoms with Crippen molar-refractivity contribution in [2.24, 2.45) is 23.7 Å². The van der Waals surface area contributed by atoms with Crippen LogP contribution in [0.3, 0.4) is 0 Å². The molecule has 30 nitrogen and oxygen atoms in total. The topological polar surface area (TPSA) is 361 Å². The molecule has 11 aliphatic rings. The van der Waals surface area contributed by atoms with Crippen LogP contribution in [0, 0.1) is 23.7 Å². The molecule has 6 atom stereocenters. The van der Waals surface area contributed by atoms with Gasteiger partial charge in [0, 0.05) is 86.2 Å². The predicted octanol–water partition coefficient (Wildman–Crippen LogP) is 11.8. The Labute approximate surface area is 834 Å². The number of hydrogen-bond donors (Lipinski definition) is 3. The third-order valence-corrected chi connectivity index (χ3v) is 26.2. The first kappa shape index (κ1) is 110. The quantitative estimate of drug-likeness (QED) is 0.0266. The molecule has 730 valence electrons. The van der Waals surface area contributed by atoms with Gasteiger partial charge < -0.3 is 87.9 Å². The van der Waals surface area contributed by atoms with Crippen LogP contribution in [0.25, 0.3) is 0 Å². The number of ether oxygens (including phenoxy) is 11. The minimum Gasteiger partial charge on any atom is -0.850 e. The number of esters is 4. The number of Topliss-reactive ketones (excluding diaryl/α,β-unsaturated/α-hetero) is 2. The first-order chi connectivity index (χ1) is 61.9. The number of ketones is 2. The smallest absolute Gasteiger partial charge is 0.850 e. The first-order valence-electron chi connectivity index (χ1n) is 45.8. The fourth-order valence-corrected chi connectivity index (χ4v) is 18.8. The number of methoxy groups -OCH3 is 6. The Hall–Kier alpha value is -9.21. The second kappa shape index (κ2) is 46.3. The monoisotopic (exact) mass is 1890 g/mol. The molecule has 6 heterocycles. The van der Waals surface area contributed by atoms with Gasteiger partial charge in [-0.15, -0.1) is 5.60 Å². The minimum absolute atomic E-state index is 0. The van der Waals surface area contributed by atoms with Crippen LogP contribution >= 0.6 is 0 Å². The maximum Gasteiger partial charge on any atom is 1.00 e. The van der Waals surface area contributed by atoms with E-state index in [-0.39, 0.29) is 145 Å². The fraction of sp³-hybridized carbons (Fsp3) is 0.602. The van der Waals surface area contributed by atoms with Gasteiger partial charge in [0.05, 0.1) is 85.3 Å². The fourth-order valence-electron chi connectivity index (χ4n) is 18.8. The van der Waals surface area contributed by atoms with E-state index in [9.17, 15) is 57.8 Å². The summed E-state index contributed by atoms with van der Waals surface area (Å²) in [5.74, 6) is 1.06. The Morgan fingerprint density at radius 3 is 1.44 bits per heavy atom. The zero-order valence-electron chi connectivity index (χ0n) is 80.7. The minimum atomic E-state index is -0.890. The standard InChI is InChI=1S/C31H34N2O3.C23H26N2O3.C15H25NO6.2C14H21NO5.C4H9O.2CH4.K/c1-35-25-10-7-23(8-11-25)27-14-18-33(17-13-22-5-3-2-4-6-22)31(15-16-31)29(27)21-36-26-12-9-24-20-32-30(34)28(24)19-26;1-27-17-5-2-15(3-6-17)19-8-11-25-23(9-10-23)21(19)14-28-18-7-4-16-13-24-22(26)20(16)12-18;1-14(2,3)22-13(19)16(9-6-11(17)20-4)15(7-8-15)10-12(18)21-5;1-13(2,3)20-12(18)15-8-5-9(16)10(11(17)19-4)14(15)6-7-14;1-13(2,3)20-12(18)15-8-9(11(17)19-4)10(16)7-14(15)5-6-14;1-4(2,3)5;;;/h2-12,19,27,29H,13-18,20-21H2,1H3,(H,32,34);2-7,12,19,21,25H,8-11,13-14H2,1H3,(H,24,26);6-10H2,1-5H3;10H,5-8H2,1-4H3;9H,5-8H2,1-4H3;1-3H3;2*1H4;/q;;;;;-1;;;+1/t27-,29-;19-,21-;;;;;;;/m00......./s1. The van der Waals surface area contributed by atoms with Crippen molar-refractivity contribution in [3.8, 4) is 23.0 Å². The second-order valence-electron chi connectivity index (χ2n) is 40.1. The van der Waals surface area contributed by atoms with E-state index in [0.29, 0.717) is 82.2 Å². The Kier molecular flexibility index (Phi) is 38.0. The normalized spacial score (nSPS) is 21.4. The maximum atomic E-state index is 12.4. The third kappa shape index (κ3) is 28.7. The molecular formula is C103H144KN7O23. The van der Waals surface area contributed by atoms with Gasteiger partial charge in [-0.2, -0.15) is 0 Å². The van der Waals surface area contributed by atoms with Crippen molar-refractivity contribution in [3.63, 3.8) is 0 Å². The zero-order chi connectivity index (χ0) is 95.4. The van der Waals surface area contributed by atoms with Crippen LogP contribution in [0.1, 0.15) is 261 Å². The van der Waals surface area contributed by atoms with Crippen LogP contribution in [0.15, 0.2) is 115 Å². The number of nitrogens with zero attached hydrogens (tertiary/aromatic N) is 4. The Morgan fingerprint density at radius 2 is 0.993 bits per heavy atom. The van der Waals surface area contributed by atoms with Gasteiger partial charge in [0.25, 0.3) is 11.8 Å². The van der Waals surface area contributed by atoms with Gasteiger partial charge >= 0.3 is 93.5 Å². The number of carbonyl (C=O) groups is 11. The Bertz CT molecular complexity index is 4840. The molecular weight excluding hydrogens is 1740 g/mol. The van der Waals surface area contributed by atoms with Gasteiger partial charge in [0.2, 0.25) is 0 Å². The molecule has 5 amide bonds. The SMILES string of the molecule is C.C.CC(C)(C)[O-].COC(=O)C1C(=O)CCN(C(=O)OC(C)(C)C)C12CC2.COC(=O)C1CN(C(=O)OC(C)(C)C)C2(CC2)CC1=O.COC(=O)CCN(C(=O)OC(C)(C)C)C1(CC(=O)OC)CC1.COc1ccc([C@@H]2CCN(CCc3ccccc3)C3(CC3)[C@H]2COc2ccc3c(c2)C(=O)NC3)cc1.COc1ccc([C@@H]2CCNC3(CC3)[C@H]2COc2ccc3c(c2)C(=O)NC3)cc1.[K+]. The van der Waals surface area contributed by atoms with E-state index >= 15 is 0 Å². The third-order valence-electron chi connectivity index (χ3n) is 26.2. The second-order valence-corrected chi connectivity index (χ2v) is 40.1. The van der Waals surface area contributed by atoms with E-state index in [1.165, 1.54) is 75.7 Å². The van der Waals surface area contributed by atoms with Crippen molar-refractivity contribution in [1.29, 1.82) is 0 Å². The van der Waals surface area contributed by atoms with Gasteiger partial charge in [-0.1, -0.05) is 102 Å². The van der Waals surface area contributed by atoms with E-state index in [1.807, 2.05) is 48.5 Å². The van der Waals surface area contributed by atoms with Crippen molar-refractivity contribution < 1.29 is 161 Å². The zero-order valence-corrected chi connectivity index (χ0v) is 83.8. The van der Waals surface area contributed by atoms with Crippen molar-refractivity contribution in [2.75, 3.05) is 95.1 Å². The predicted molar refractivity (Wildman–Crippen MR) is 499 cm³/mol. The molecule has 4 saturated heterocycles. The molecule has 5 aromatic rings. The number of benzene rings is 5. The van der Waals surface area contributed by atoms with Crippen LogP contribution in [-0.4, -0.2) is 230 Å². The number of rotatable bonds is 21. The number of piperidine rings is 4. The average molecular weight is 1890 g/mol. The summed E-state index contributed by atoms with van der Waals surface area (Å²) < 4.78 is 58.3. The summed E-state index contributed by atoms with van der Waals surface area (Å²) in [6.07, 6.45) is 11.4. The Morgan fingerprint density at radius 1 is 0.515 bits per heavy atom. The van der Waals surface area contributed by atoms with Gasteiger partial charge in [-0.25, -0.2) is 14.4 Å². The number of nitrogens with one attached hydrogen (secondary N) is 3. The molecule has 3 N–H and O–H groups in total. The Balaban J connectivity index is 0.000000206. The molecule has 134 heavy (non-hydrogen) atoms. The largest absolute Gasteiger partial charge is 1.00 e. The molecule has 0 aromatic heterocycles. The van der Waals surface area contributed by atoms with Crippen LogP contribution in [0.4, 0.5) is 14.4 Å². The van der Waals surface area contributed by atoms with Crippen LogP contribution < -0.4 is 91.4 Å². The van der Waals surface area contributed by atoms with Gasteiger partial charge in [-0.05, 0) is 247 Å². The number of fused-ring (bicyclic) bond motifs is 2. The molecule has 5 saturated carbocycles. The van der Waals surface area contributed by atoms with E-state index in [4.69, 9.17) is 42.6 Å². The van der Waals surface area contributed by atoms with E-state index in [0.717, 1.165) is 97.0 Å². The molecule has 4 spiro atoms. The molecule has 2 unspecified atom stereocenters. The van der Waals surface area contributed by atoms with Crippen molar-refractivity contribution >= 4 is 65.5 Å². The molecule has 9 fully saturated rings. The molecule has 6 aliphatic heterocycles. The van der Waals surface area contributed by atoms with Gasteiger partial charge in [-0.3, -0.25) is 43.3 Å². The van der Waals surface area contributed by atoms with E-state index < -0.39 is 87.0 Å².